The van der Waals surface area contributed by atoms with Crippen LogP contribution in [0.4, 0.5) is 18.9 Å². The Kier molecular flexibility index (Phi) is 7.12. The predicted molar refractivity (Wildman–Crippen MR) is 128 cm³/mol. The van der Waals surface area contributed by atoms with E-state index in [0.29, 0.717) is 11.1 Å². The number of nitrogens with one attached hydrogen (secondary N) is 2. The molecule has 0 bridgehead atoms. The number of alkyl halides is 3. The van der Waals surface area contributed by atoms with Crippen LogP contribution in [-0.2, 0) is 11.3 Å². The molecule has 1 aliphatic rings. The molecule has 1 unspecified atom stereocenters. The van der Waals surface area contributed by atoms with Crippen LogP contribution in [0.1, 0.15) is 27.9 Å². The Labute approximate surface area is 213 Å². The molecule has 1 aliphatic heterocycles. The van der Waals surface area contributed by atoms with Crippen LogP contribution in [0.15, 0.2) is 66.1 Å². The zero-order valence-corrected chi connectivity index (χ0v) is 19.9. The molecule has 2 aromatic carbocycles. The van der Waals surface area contributed by atoms with Crippen LogP contribution in [0.25, 0.3) is 0 Å². The molecule has 12 heteroatoms. The molecule has 3 aromatic rings. The maximum Gasteiger partial charge on any atom is 0.431 e. The molecule has 182 valence electrons. The Morgan fingerprint density at radius 3 is 2.37 bits per heavy atom. The first kappa shape index (κ1) is 25.1. The largest absolute Gasteiger partial charge is 0.431 e. The number of hydrogen-bond acceptors (Lipinski definition) is 5. The van der Waals surface area contributed by atoms with Gasteiger partial charge in [-0.25, -0.2) is 0 Å². The number of pyridine rings is 1. The average Bonchev–Trinajstić information content (AvgIpc) is 3.23. The van der Waals surface area contributed by atoms with Crippen molar-refractivity contribution in [3.63, 3.8) is 0 Å². The van der Waals surface area contributed by atoms with Crippen LogP contribution in [0, 0.1) is 0 Å². The van der Waals surface area contributed by atoms with Gasteiger partial charge in [-0.3, -0.25) is 20.6 Å². The van der Waals surface area contributed by atoms with Gasteiger partial charge in [0.25, 0.3) is 5.91 Å². The summed E-state index contributed by atoms with van der Waals surface area (Å²) < 4.78 is 42.5. The number of hydrazine groups is 1. The van der Waals surface area contributed by atoms with E-state index in [0.717, 1.165) is 0 Å². The lowest BCUT2D eigenvalue weighted by Crippen LogP contribution is -2.47. The van der Waals surface area contributed by atoms with Gasteiger partial charge in [0.1, 0.15) is 0 Å². The number of hydrogen-bond donors (Lipinski definition) is 2. The minimum Gasteiger partial charge on any atom is -0.378 e. The van der Waals surface area contributed by atoms with Gasteiger partial charge in [0.2, 0.25) is 5.60 Å². The molecular formula is C23H16Cl3F3N4O2. The topological polar surface area (TPSA) is 75.6 Å². The van der Waals surface area contributed by atoms with E-state index in [1.54, 1.807) is 0 Å². The lowest BCUT2D eigenvalue weighted by molar-refractivity contribution is -0.268. The van der Waals surface area contributed by atoms with Gasteiger partial charge in [0.15, 0.2) is 0 Å². The van der Waals surface area contributed by atoms with Crippen molar-refractivity contribution in [3.8, 4) is 0 Å². The second-order valence-electron chi connectivity index (χ2n) is 7.76. The van der Waals surface area contributed by atoms with Gasteiger partial charge in [-0.15, -0.1) is 0 Å². The number of nitrogens with zero attached hydrogens (tertiary/aromatic N) is 2. The van der Waals surface area contributed by atoms with Crippen LogP contribution in [0.5, 0.6) is 0 Å². The van der Waals surface area contributed by atoms with Crippen LogP contribution in [0.3, 0.4) is 0 Å². The standard InChI is InChI=1S/C23H16Cl3F3N4O2/c24-16-7-13(8-17(25)10-16)11-22(23(27,28)29)12-20(33-35-22)15-1-2-18(26)19(9-15)31-32-21(34)14-3-5-30-6-4-14/h1-10,31H,11-12H2,(H,32,34). The van der Waals surface area contributed by atoms with Crippen molar-refractivity contribution in [3.05, 3.63) is 92.7 Å². The minimum atomic E-state index is -4.74. The summed E-state index contributed by atoms with van der Waals surface area (Å²) in [6, 6.07) is 11.7. The average molecular weight is 544 g/mol. The van der Waals surface area contributed by atoms with E-state index >= 15 is 0 Å². The number of aromatic nitrogens is 1. The van der Waals surface area contributed by atoms with Crippen molar-refractivity contribution in [2.24, 2.45) is 5.16 Å². The summed E-state index contributed by atoms with van der Waals surface area (Å²) in [7, 11) is 0. The molecule has 35 heavy (non-hydrogen) atoms. The molecule has 0 spiro atoms. The van der Waals surface area contributed by atoms with E-state index in [1.807, 2.05) is 0 Å². The van der Waals surface area contributed by atoms with Gasteiger partial charge in [-0.2, -0.15) is 13.2 Å². The van der Waals surface area contributed by atoms with Crippen LogP contribution < -0.4 is 10.9 Å². The van der Waals surface area contributed by atoms with Gasteiger partial charge in [-0.05, 0) is 48.0 Å². The maximum absolute atomic E-state index is 14.2. The quantitative estimate of drug-likeness (QED) is 0.350. The second kappa shape index (κ2) is 9.93. The molecule has 0 saturated carbocycles. The molecule has 1 aromatic heterocycles. The Morgan fingerprint density at radius 2 is 1.71 bits per heavy atom. The van der Waals surface area contributed by atoms with Crippen LogP contribution in [0.2, 0.25) is 15.1 Å². The van der Waals surface area contributed by atoms with Crippen LogP contribution >= 0.6 is 34.8 Å². The molecular weight excluding hydrogens is 528 g/mol. The summed E-state index contributed by atoms with van der Waals surface area (Å²) in [5.74, 6) is -0.452. The minimum absolute atomic E-state index is 0.0654. The van der Waals surface area contributed by atoms with Crippen molar-refractivity contribution in [2.75, 3.05) is 5.43 Å². The molecule has 0 aliphatic carbocycles. The highest BCUT2D eigenvalue weighted by Crippen LogP contribution is 2.44. The number of oxime groups is 1. The molecule has 6 nitrogen and oxygen atoms in total. The van der Waals surface area contributed by atoms with Crippen molar-refractivity contribution in [1.29, 1.82) is 0 Å². The van der Waals surface area contributed by atoms with E-state index in [4.69, 9.17) is 39.6 Å². The SMILES string of the molecule is O=C(NNc1cc(C2=NOC(Cc3cc(Cl)cc(Cl)c3)(C(F)(F)F)C2)ccc1Cl)c1ccncc1. The first-order valence-electron chi connectivity index (χ1n) is 10.1. The molecule has 2 heterocycles. The highest BCUT2D eigenvalue weighted by Gasteiger charge is 2.60. The summed E-state index contributed by atoms with van der Waals surface area (Å²) >= 11 is 18.1. The first-order chi connectivity index (χ1) is 16.6. The Balaban J connectivity index is 1.53. The second-order valence-corrected chi connectivity index (χ2v) is 9.04. The van der Waals surface area contributed by atoms with E-state index in [-0.39, 0.29) is 32.0 Å². The third kappa shape index (κ3) is 5.63. The van der Waals surface area contributed by atoms with Crippen molar-refractivity contribution in [1.82, 2.24) is 10.4 Å². The zero-order chi connectivity index (χ0) is 25.2. The van der Waals surface area contributed by atoms with Crippen molar-refractivity contribution >= 4 is 52.1 Å². The summed E-state index contributed by atoms with van der Waals surface area (Å²) in [5, 5.41) is 4.41. The highest BCUT2D eigenvalue weighted by atomic mass is 35.5. The highest BCUT2D eigenvalue weighted by molar-refractivity contribution is 6.34. The number of anilines is 1. The number of benzene rings is 2. The molecule has 0 radical (unpaired) electrons. The van der Waals surface area contributed by atoms with E-state index < -0.39 is 30.5 Å². The third-order valence-corrected chi connectivity index (χ3v) is 6.03. The smallest absolute Gasteiger partial charge is 0.378 e. The lowest BCUT2D eigenvalue weighted by Gasteiger charge is -2.29. The molecule has 0 saturated heterocycles. The number of carbonyl (C=O) groups is 1. The van der Waals surface area contributed by atoms with Gasteiger partial charge >= 0.3 is 6.18 Å². The van der Waals surface area contributed by atoms with Crippen molar-refractivity contribution in [2.45, 2.75) is 24.6 Å². The fraction of sp³-hybridized carbons (Fsp3) is 0.174. The molecule has 4 rings (SSSR count). The van der Waals surface area contributed by atoms with E-state index in [2.05, 4.69) is 21.0 Å². The lowest BCUT2D eigenvalue weighted by atomic mass is 9.87. The molecule has 0 fully saturated rings. The Morgan fingerprint density at radius 1 is 1.03 bits per heavy atom. The summed E-state index contributed by atoms with van der Waals surface area (Å²) in [4.78, 5) is 21.1. The number of carbonyl (C=O) groups excluding carboxylic acids is 1. The predicted octanol–water partition coefficient (Wildman–Crippen LogP) is 6.47. The molecule has 2 N–H and O–H groups in total. The number of amides is 1. The summed E-state index contributed by atoms with van der Waals surface area (Å²) in [6.45, 7) is 0. The maximum atomic E-state index is 14.2. The third-order valence-electron chi connectivity index (χ3n) is 5.27. The van der Waals surface area contributed by atoms with Gasteiger partial charge in [-0.1, -0.05) is 46.0 Å². The molecule has 1 atom stereocenters. The number of rotatable bonds is 6. The summed E-state index contributed by atoms with van der Waals surface area (Å²) in [5.41, 5.74) is 3.84. The fourth-order valence-electron chi connectivity index (χ4n) is 3.52. The Hall–Kier alpha value is -3.01. The summed E-state index contributed by atoms with van der Waals surface area (Å²) in [6.07, 6.45) is -2.90. The zero-order valence-electron chi connectivity index (χ0n) is 17.7. The number of halogens is 6. The van der Waals surface area contributed by atoms with Gasteiger partial charge < -0.3 is 4.84 Å². The van der Waals surface area contributed by atoms with E-state index in [1.165, 1.54) is 60.9 Å². The van der Waals surface area contributed by atoms with Gasteiger partial charge in [0.05, 0.1) is 16.4 Å². The van der Waals surface area contributed by atoms with E-state index in [9.17, 15) is 18.0 Å². The normalized spacial score (nSPS) is 17.5. The fourth-order valence-corrected chi connectivity index (χ4v) is 4.26. The van der Waals surface area contributed by atoms with Crippen molar-refractivity contribution < 1.29 is 22.8 Å². The monoisotopic (exact) mass is 542 g/mol. The van der Waals surface area contributed by atoms with Gasteiger partial charge in [0, 0.05) is 46.4 Å². The Bertz CT molecular complexity index is 1270. The van der Waals surface area contributed by atoms with Crippen LogP contribution in [-0.4, -0.2) is 28.4 Å². The molecule has 1 amide bonds. The first-order valence-corrected chi connectivity index (χ1v) is 11.2.